The number of hydrogen-bond donors (Lipinski definition) is 1. The van der Waals surface area contributed by atoms with E-state index in [1.807, 2.05) is 17.0 Å². The molecule has 0 radical (unpaired) electrons. The van der Waals surface area contributed by atoms with E-state index in [2.05, 4.69) is 25.3 Å². The smallest absolute Gasteiger partial charge is 0.272 e. The predicted molar refractivity (Wildman–Crippen MR) is 94.3 cm³/mol. The summed E-state index contributed by atoms with van der Waals surface area (Å²) in [6.45, 7) is 5.38. The van der Waals surface area contributed by atoms with Crippen LogP contribution < -0.4 is 0 Å². The van der Waals surface area contributed by atoms with Crippen molar-refractivity contribution in [3.63, 3.8) is 0 Å². The minimum Gasteiger partial charge on any atom is -0.379 e. The van der Waals surface area contributed by atoms with E-state index in [4.69, 9.17) is 4.74 Å². The van der Waals surface area contributed by atoms with Crippen LogP contribution in [0.25, 0.3) is 0 Å². The monoisotopic (exact) mass is 356 g/mol. The van der Waals surface area contributed by atoms with Crippen molar-refractivity contribution in [1.29, 1.82) is 0 Å². The zero-order valence-electron chi connectivity index (χ0n) is 14.8. The van der Waals surface area contributed by atoms with Gasteiger partial charge in [-0.3, -0.25) is 14.7 Å². The van der Waals surface area contributed by atoms with E-state index < -0.39 is 0 Å². The van der Waals surface area contributed by atoms with Crippen LogP contribution in [-0.2, 0) is 11.3 Å². The number of rotatable bonds is 3. The molecule has 0 saturated carbocycles. The second-order valence-electron chi connectivity index (χ2n) is 7.27. The zero-order chi connectivity index (χ0) is 17.8. The molecule has 2 aliphatic heterocycles. The van der Waals surface area contributed by atoms with E-state index in [1.165, 1.54) is 0 Å². The van der Waals surface area contributed by atoms with Crippen molar-refractivity contribution >= 4 is 5.91 Å². The molecule has 2 fully saturated rings. The SMILES string of the molecule is O=C(c1ccccn1)N1CCCC2(COCCN(Cc3cn[nH]n3)C2)C1. The van der Waals surface area contributed by atoms with Crippen molar-refractivity contribution in [3.8, 4) is 0 Å². The minimum absolute atomic E-state index is 0.0111. The number of hydrogen-bond acceptors (Lipinski definition) is 6. The number of aromatic nitrogens is 4. The lowest BCUT2D eigenvalue weighted by atomic mass is 9.80. The Kier molecular flexibility index (Phi) is 4.94. The largest absolute Gasteiger partial charge is 0.379 e. The van der Waals surface area contributed by atoms with Crippen LogP contribution >= 0.6 is 0 Å². The highest BCUT2D eigenvalue weighted by Gasteiger charge is 2.40. The number of carbonyl (C=O) groups is 1. The minimum atomic E-state index is -0.0388. The van der Waals surface area contributed by atoms with E-state index in [0.29, 0.717) is 25.5 Å². The summed E-state index contributed by atoms with van der Waals surface area (Å²) in [6, 6.07) is 5.47. The first kappa shape index (κ1) is 17.1. The molecule has 0 aromatic carbocycles. The highest BCUT2D eigenvalue weighted by atomic mass is 16.5. The molecule has 8 nitrogen and oxygen atoms in total. The lowest BCUT2D eigenvalue weighted by molar-refractivity contribution is 0.00667. The van der Waals surface area contributed by atoms with Crippen molar-refractivity contribution in [2.45, 2.75) is 19.4 Å². The van der Waals surface area contributed by atoms with Crippen molar-refractivity contribution in [2.75, 3.05) is 39.4 Å². The van der Waals surface area contributed by atoms with Gasteiger partial charge in [0.2, 0.25) is 0 Å². The number of nitrogens with one attached hydrogen (secondary N) is 1. The first-order valence-corrected chi connectivity index (χ1v) is 9.09. The van der Waals surface area contributed by atoms with Crippen LogP contribution in [0.1, 0.15) is 29.0 Å². The van der Waals surface area contributed by atoms with Crippen molar-refractivity contribution in [1.82, 2.24) is 30.2 Å². The van der Waals surface area contributed by atoms with Crippen molar-refractivity contribution in [2.24, 2.45) is 5.41 Å². The Bertz CT molecular complexity index is 723. The van der Waals surface area contributed by atoms with Crippen LogP contribution in [0.2, 0.25) is 0 Å². The molecule has 8 heteroatoms. The molecule has 2 aromatic rings. The van der Waals surface area contributed by atoms with Crippen LogP contribution in [-0.4, -0.2) is 75.5 Å². The third-order valence-electron chi connectivity index (χ3n) is 5.20. The molecule has 1 N–H and O–H groups in total. The summed E-state index contributed by atoms with van der Waals surface area (Å²) in [5, 5.41) is 10.7. The molecule has 0 aliphatic carbocycles. The van der Waals surface area contributed by atoms with Gasteiger partial charge in [-0.15, -0.1) is 0 Å². The molecule has 2 saturated heterocycles. The molecule has 1 unspecified atom stereocenters. The van der Waals surface area contributed by atoms with Gasteiger partial charge in [-0.25, -0.2) is 0 Å². The molecule has 2 aliphatic rings. The van der Waals surface area contributed by atoms with E-state index >= 15 is 0 Å². The van der Waals surface area contributed by atoms with Crippen LogP contribution in [0.3, 0.4) is 0 Å². The lowest BCUT2D eigenvalue weighted by Gasteiger charge is -2.43. The number of pyridine rings is 1. The van der Waals surface area contributed by atoms with Crippen LogP contribution in [0.5, 0.6) is 0 Å². The molecule has 0 bridgehead atoms. The normalized spacial score (nSPS) is 24.5. The maximum absolute atomic E-state index is 12.8. The van der Waals surface area contributed by atoms with Crippen molar-refractivity contribution in [3.05, 3.63) is 42.0 Å². The fraction of sp³-hybridized carbons (Fsp3) is 0.556. The summed E-state index contributed by atoms with van der Waals surface area (Å²) in [7, 11) is 0. The Balaban J connectivity index is 1.48. The summed E-state index contributed by atoms with van der Waals surface area (Å²) in [4.78, 5) is 21.4. The number of amides is 1. The van der Waals surface area contributed by atoms with Crippen LogP contribution in [0.4, 0.5) is 0 Å². The van der Waals surface area contributed by atoms with Gasteiger partial charge in [0.15, 0.2) is 0 Å². The van der Waals surface area contributed by atoms with E-state index in [-0.39, 0.29) is 11.3 Å². The quantitative estimate of drug-likeness (QED) is 0.881. The topological polar surface area (TPSA) is 87.2 Å². The Morgan fingerprint density at radius 3 is 3.08 bits per heavy atom. The molecule has 1 amide bonds. The Morgan fingerprint density at radius 1 is 1.31 bits per heavy atom. The number of likely N-dealkylation sites (tertiary alicyclic amines) is 1. The summed E-state index contributed by atoms with van der Waals surface area (Å²) < 4.78 is 5.93. The molecule has 2 aromatic heterocycles. The van der Waals surface area contributed by atoms with Gasteiger partial charge >= 0.3 is 0 Å². The average Bonchev–Trinajstić information content (AvgIpc) is 3.11. The molecule has 4 heterocycles. The Labute approximate surface area is 152 Å². The van der Waals surface area contributed by atoms with Crippen LogP contribution in [0.15, 0.2) is 30.6 Å². The average molecular weight is 356 g/mol. The van der Waals surface area contributed by atoms with E-state index in [0.717, 1.165) is 44.7 Å². The first-order chi connectivity index (χ1) is 12.7. The molecule has 1 spiro atoms. The number of nitrogens with zero attached hydrogens (tertiary/aromatic N) is 5. The van der Waals surface area contributed by atoms with Gasteiger partial charge in [-0.2, -0.15) is 15.4 Å². The standard InChI is InChI=1S/C18H24N6O2/c25-17(16-4-1-2-6-19-16)24-7-3-5-18(13-24)12-23(8-9-26-14-18)11-15-10-20-22-21-15/h1-2,4,6,10H,3,5,7-9,11-14H2,(H,20,21,22). The van der Waals surface area contributed by atoms with Crippen molar-refractivity contribution < 1.29 is 9.53 Å². The molecule has 1 atom stereocenters. The van der Waals surface area contributed by atoms with E-state index in [1.54, 1.807) is 18.5 Å². The fourth-order valence-electron chi connectivity index (χ4n) is 4.03. The van der Waals surface area contributed by atoms with Gasteiger partial charge in [0.25, 0.3) is 5.91 Å². The second kappa shape index (κ2) is 7.51. The molecule has 26 heavy (non-hydrogen) atoms. The number of carbonyl (C=O) groups excluding carboxylic acids is 1. The Morgan fingerprint density at radius 2 is 2.27 bits per heavy atom. The summed E-state index contributed by atoms with van der Waals surface area (Å²) in [6.07, 6.45) is 5.48. The number of aromatic amines is 1. The number of H-pyrrole nitrogens is 1. The number of ether oxygens (including phenoxy) is 1. The Hall–Kier alpha value is -2.32. The molecule has 4 rings (SSSR count). The van der Waals surface area contributed by atoms with Gasteiger partial charge in [0, 0.05) is 44.3 Å². The maximum Gasteiger partial charge on any atom is 0.272 e. The fourth-order valence-corrected chi connectivity index (χ4v) is 4.03. The summed E-state index contributed by atoms with van der Waals surface area (Å²) >= 11 is 0. The molecular weight excluding hydrogens is 332 g/mol. The highest BCUT2D eigenvalue weighted by molar-refractivity contribution is 5.92. The number of piperidine rings is 1. The third kappa shape index (κ3) is 3.76. The van der Waals surface area contributed by atoms with Gasteiger partial charge in [-0.1, -0.05) is 6.07 Å². The highest BCUT2D eigenvalue weighted by Crippen LogP contribution is 2.33. The molecule has 138 valence electrons. The zero-order valence-corrected chi connectivity index (χ0v) is 14.8. The van der Waals surface area contributed by atoms with Gasteiger partial charge < -0.3 is 9.64 Å². The molecular formula is C18H24N6O2. The first-order valence-electron chi connectivity index (χ1n) is 9.09. The van der Waals surface area contributed by atoms with Gasteiger partial charge in [-0.05, 0) is 25.0 Å². The predicted octanol–water partition coefficient (Wildman–Crippen LogP) is 0.954. The third-order valence-corrected chi connectivity index (χ3v) is 5.20. The summed E-state index contributed by atoms with van der Waals surface area (Å²) in [5.74, 6) is 0.0111. The van der Waals surface area contributed by atoms with Gasteiger partial charge in [0.05, 0.1) is 25.1 Å². The second-order valence-corrected chi connectivity index (χ2v) is 7.27. The lowest BCUT2D eigenvalue weighted by Crippen LogP contribution is -2.52. The summed E-state index contributed by atoms with van der Waals surface area (Å²) in [5.41, 5.74) is 1.40. The maximum atomic E-state index is 12.8. The van der Waals surface area contributed by atoms with E-state index in [9.17, 15) is 4.79 Å². The van der Waals surface area contributed by atoms with Gasteiger partial charge in [0.1, 0.15) is 5.69 Å². The van der Waals surface area contributed by atoms with Crippen LogP contribution in [0, 0.1) is 5.41 Å².